The van der Waals surface area contributed by atoms with E-state index in [1.807, 2.05) is 12.3 Å². The van der Waals surface area contributed by atoms with Gasteiger partial charge >= 0.3 is 0 Å². The zero-order valence-corrected chi connectivity index (χ0v) is 12.8. The van der Waals surface area contributed by atoms with E-state index in [1.165, 1.54) is 25.9 Å². The summed E-state index contributed by atoms with van der Waals surface area (Å²) in [5, 5.41) is 13.5. The van der Waals surface area contributed by atoms with E-state index in [9.17, 15) is 5.11 Å². The SMILES string of the molecule is Oc1ccc[nH+]c1SC1CC[NH2+]CC1.[Br-].[Br-]. The summed E-state index contributed by atoms with van der Waals surface area (Å²) >= 11 is 1.77. The monoisotopic (exact) mass is 370 g/mol. The van der Waals surface area contributed by atoms with Crippen LogP contribution in [-0.4, -0.2) is 23.4 Å². The second-order valence-corrected chi connectivity index (χ2v) is 4.88. The van der Waals surface area contributed by atoms with Gasteiger partial charge in [0.15, 0.2) is 11.9 Å². The van der Waals surface area contributed by atoms with Gasteiger partial charge in [0, 0.05) is 24.2 Å². The predicted molar refractivity (Wildman–Crippen MR) is 55.2 cm³/mol. The van der Waals surface area contributed by atoms with E-state index >= 15 is 0 Å². The van der Waals surface area contributed by atoms with E-state index in [0.717, 1.165) is 5.03 Å². The zero-order valence-electron chi connectivity index (χ0n) is 8.83. The highest BCUT2D eigenvalue weighted by molar-refractivity contribution is 7.99. The van der Waals surface area contributed by atoms with E-state index in [0.29, 0.717) is 11.0 Å². The summed E-state index contributed by atoms with van der Waals surface area (Å²) in [4.78, 5) is 3.09. The molecule has 0 bridgehead atoms. The zero-order chi connectivity index (χ0) is 9.80. The third kappa shape index (κ3) is 4.61. The molecule has 0 atom stereocenters. The first-order chi connectivity index (χ1) is 6.86. The van der Waals surface area contributed by atoms with Gasteiger partial charge in [0.1, 0.15) is 0 Å². The Bertz CT molecular complexity index is 309. The molecule has 1 aromatic heterocycles. The average molecular weight is 372 g/mol. The van der Waals surface area contributed by atoms with Crippen molar-refractivity contribution in [1.29, 1.82) is 0 Å². The van der Waals surface area contributed by atoms with E-state index in [4.69, 9.17) is 0 Å². The molecule has 0 aliphatic carbocycles. The molecule has 0 spiro atoms. The minimum Gasteiger partial charge on any atom is -1.00 e. The first kappa shape index (κ1) is 16.2. The van der Waals surface area contributed by atoms with Gasteiger partial charge in [0.2, 0.25) is 0 Å². The van der Waals surface area contributed by atoms with Gasteiger partial charge in [-0.2, -0.15) is 0 Å². The fourth-order valence-electron chi connectivity index (χ4n) is 1.69. The van der Waals surface area contributed by atoms with Crippen molar-refractivity contribution < 1.29 is 49.4 Å². The van der Waals surface area contributed by atoms with Gasteiger partial charge in [-0.15, -0.1) is 0 Å². The number of nitrogens with one attached hydrogen (secondary N) is 1. The van der Waals surface area contributed by atoms with Crippen LogP contribution in [0.25, 0.3) is 0 Å². The second-order valence-electron chi connectivity index (χ2n) is 3.57. The van der Waals surface area contributed by atoms with E-state index < -0.39 is 0 Å². The van der Waals surface area contributed by atoms with Crippen molar-refractivity contribution in [3.8, 4) is 5.75 Å². The summed E-state index contributed by atoms with van der Waals surface area (Å²) in [7, 11) is 0. The lowest BCUT2D eigenvalue weighted by Gasteiger charge is -2.17. The number of pyridine rings is 1. The molecule has 2 rings (SSSR count). The van der Waals surface area contributed by atoms with Crippen molar-refractivity contribution in [3.05, 3.63) is 18.3 Å². The smallest absolute Gasteiger partial charge is 0.280 e. The van der Waals surface area contributed by atoms with E-state index in [2.05, 4.69) is 10.3 Å². The van der Waals surface area contributed by atoms with Crippen molar-refractivity contribution in [2.75, 3.05) is 13.1 Å². The van der Waals surface area contributed by atoms with Crippen LogP contribution >= 0.6 is 11.8 Å². The van der Waals surface area contributed by atoms with Gasteiger partial charge < -0.3 is 44.4 Å². The van der Waals surface area contributed by atoms with Crippen LogP contribution < -0.4 is 44.3 Å². The number of hydrogen-bond acceptors (Lipinski definition) is 2. The molecular weight excluding hydrogens is 356 g/mol. The summed E-state index contributed by atoms with van der Waals surface area (Å²) in [5.41, 5.74) is 0. The van der Waals surface area contributed by atoms with Gasteiger partial charge in [-0.05, 0) is 17.8 Å². The van der Waals surface area contributed by atoms with Gasteiger partial charge in [-0.3, -0.25) is 0 Å². The fourth-order valence-corrected chi connectivity index (χ4v) is 2.85. The fraction of sp³-hybridized carbons (Fsp3) is 0.500. The van der Waals surface area contributed by atoms with Crippen LogP contribution in [0.2, 0.25) is 0 Å². The third-order valence-electron chi connectivity index (χ3n) is 2.47. The molecule has 92 valence electrons. The lowest BCUT2D eigenvalue weighted by molar-refractivity contribution is -0.661. The molecule has 1 aromatic rings. The molecule has 0 unspecified atom stereocenters. The minimum atomic E-state index is 0. The molecule has 2 heterocycles. The number of thioether (sulfide) groups is 1. The van der Waals surface area contributed by atoms with Crippen molar-refractivity contribution in [2.45, 2.75) is 23.1 Å². The highest BCUT2D eigenvalue weighted by atomic mass is 79.9. The van der Waals surface area contributed by atoms with Crippen molar-refractivity contribution in [1.82, 2.24) is 0 Å². The second kappa shape index (κ2) is 8.33. The molecule has 4 N–H and O–H groups in total. The van der Waals surface area contributed by atoms with Crippen LogP contribution in [0.1, 0.15) is 12.8 Å². The lowest BCUT2D eigenvalue weighted by Crippen LogP contribution is -3.00. The number of H-pyrrole nitrogens is 1. The number of nitrogens with two attached hydrogens (primary N) is 1. The number of piperidine rings is 1. The third-order valence-corrected chi connectivity index (χ3v) is 3.83. The Morgan fingerprint density at radius 3 is 2.62 bits per heavy atom. The Morgan fingerprint density at radius 1 is 1.31 bits per heavy atom. The first-order valence-corrected chi connectivity index (χ1v) is 5.92. The number of aromatic nitrogens is 1. The van der Waals surface area contributed by atoms with Gasteiger partial charge in [-0.1, -0.05) is 0 Å². The largest absolute Gasteiger partial charge is 1.00 e. The van der Waals surface area contributed by atoms with Crippen LogP contribution in [0.4, 0.5) is 0 Å². The number of halogens is 2. The Labute approximate surface area is 121 Å². The Hall–Kier alpha value is 0.220. The standard InChI is InChI=1S/C10H14N2OS.2BrH/c13-9-2-1-5-12-10(9)14-8-3-6-11-7-4-8;;/h1-2,5,8,11,13H,3-4,6-7H2;2*1H. The first-order valence-electron chi connectivity index (χ1n) is 5.04. The van der Waals surface area contributed by atoms with Gasteiger partial charge in [-0.25, -0.2) is 4.98 Å². The minimum absolute atomic E-state index is 0. The summed E-state index contributed by atoms with van der Waals surface area (Å²) in [6.45, 7) is 2.43. The van der Waals surface area contributed by atoms with Gasteiger partial charge in [0.25, 0.3) is 5.03 Å². The van der Waals surface area contributed by atoms with Crippen LogP contribution in [0.15, 0.2) is 23.4 Å². The molecular formula is C10H16Br2N2OS. The molecule has 3 nitrogen and oxygen atoms in total. The van der Waals surface area contributed by atoms with Crippen LogP contribution in [0, 0.1) is 0 Å². The maximum absolute atomic E-state index is 9.58. The van der Waals surface area contributed by atoms with Crippen LogP contribution in [0.3, 0.4) is 0 Å². The van der Waals surface area contributed by atoms with Crippen LogP contribution in [0.5, 0.6) is 5.75 Å². The topological polar surface area (TPSA) is 51.0 Å². The van der Waals surface area contributed by atoms with Crippen LogP contribution in [-0.2, 0) is 0 Å². The summed E-state index contributed by atoms with van der Waals surface area (Å²) in [5.74, 6) is 0.368. The maximum atomic E-state index is 9.58. The Balaban J connectivity index is 0.00000112. The molecule has 1 aliphatic rings. The molecule has 0 radical (unpaired) electrons. The molecule has 0 aromatic carbocycles. The molecule has 1 saturated heterocycles. The molecule has 0 amide bonds. The number of rotatable bonds is 2. The highest BCUT2D eigenvalue weighted by Crippen LogP contribution is 2.29. The number of hydrogen-bond donors (Lipinski definition) is 2. The molecule has 1 aliphatic heterocycles. The number of quaternary nitrogens is 1. The Kier molecular flexibility index (Phi) is 8.45. The van der Waals surface area contributed by atoms with Crippen molar-refractivity contribution >= 4 is 11.8 Å². The number of aromatic hydroxyl groups is 1. The van der Waals surface area contributed by atoms with Gasteiger partial charge in [0.05, 0.1) is 13.1 Å². The van der Waals surface area contributed by atoms with E-state index in [1.54, 1.807) is 17.8 Å². The van der Waals surface area contributed by atoms with Crippen molar-refractivity contribution in [2.24, 2.45) is 0 Å². The van der Waals surface area contributed by atoms with E-state index in [-0.39, 0.29) is 34.0 Å². The van der Waals surface area contributed by atoms with Crippen molar-refractivity contribution in [3.63, 3.8) is 0 Å². The summed E-state index contributed by atoms with van der Waals surface area (Å²) < 4.78 is 0. The summed E-state index contributed by atoms with van der Waals surface area (Å²) in [6.07, 6.45) is 4.32. The number of aromatic amines is 1. The lowest BCUT2D eigenvalue weighted by atomic mass is 10.2. The average Bonchev–Trinajstić information content (AvgIpc) is 2.23. The molecule has 1 fully saturated rings. The molecule has 16 heavy (non-hydrogen) atoms. The normalized spacial score (nSPS) is 16.0. The molecule has 6 heteroatoms. The summed E-state index contributed by atoms with van der Waals surface area (Å²) in [6, 6.07) is 3.54. The quantitative estimate of drug-likeness (QED) is 0.544. The molecule has 0 saturated carbocycles. The Morgan fingerprint density at radius 2 is 2.00 bits per heavy atom. The predicted octanol–water partition coefficient (Wildman–Crippen LogP) is -5.97. The maximum Gasteiger partial charge on any atom is 0.280 e. The highest BCUT2D eigenvalue weighted by Gasteiger charge is 2.21.